The van der Waals surface area contributed by atoms with Gasteiger partial charge in [-0.2, -0.15) is 0 Å². The molecule has 0 aromatic carbocycles. The van der Waals surface area contributed by atoms with Gasteiger partial charge in [-0.3, -0.25) is 4.79 Å². The van der Waals surface area contributed by atoms with Crippen LogP contribution in [0, 0.1) is 0 Å². The first-order valence-corrected chi connectivity index (χ1v) is 10.7. The number of aliphatic hydroxyl groups excluding tert-OH is 2. The Morgan fingerprint density at radius 2 is 1.16 bits per heavy atom. The van der Waals surface area contributed by atoms with Gasteiger partial charge >= 0.3 is 5.97 Å². The third kappa shape index (κ3) is 19.6. The minimum atomic E-state index is -1.16. The van der Waals surface area contributed by atoms with Crippen LogP contribution in [0.25, 0.3) is 0 Å². The zero-order valence-corrected chi connectivity index (χ0v) is 16.5. The van der Waals surface area contributed by atoms with Gasteiger partial charge in [0, 0.05) is 19.4 Å². The van der Waals surface area contributed by atoms with Crippen molar-refractivity contribution in [2.75, 3.05) is 6.61 Å². The van der Waals surface area contributed by atoms with Gasteiger partial charge in [-0.15, -0.1) is 0 Å². The highest BCUT2D eigenvalue weighted by Gasteiger charge is 2.09. The average molecular weight is 359 g/mol. The molecule has 0 saturated carbocycles. The van der Waals surface area contributed by atoms with E-state index in [0.29, 0.717) is 6.42 Å². The molecule has 0 aliphatic carbocycles. The number of aliphatic hydroxyl groups is 2. The zero-order valence-electron chi connectivity index (χ0n) is 16.5. The van der Waals surface area contributed by atoms with Crippen LogP contribution in [0.5, 0.6) is 0 Å². The van der Waals surface area contributed by atoms with Gasteiger partial charge in [-0.25, -0.2) is 0 Å². The normalized spacial score (nSPS) is 12.3. The highest BCUT2D eigenvalue weighted by Crippen LogP contribution is 2.14. The van der Waals surface area contributed by atoms with Crippen LogP contribution in [0.2, 0.25) is 0 Å². The fourth-order valence-corrected chi connectivity index (χ4v) is 3.02. The first kappa shape index (κ1) is 24.4. The van der Waals surface area contributed by atoms with Crippen molar-refractivity contribution in [2.24, 2.45) is 0 Å². The molecule has 0 aromatic heterocycles. The number of rotatable bonds is 19. The fourth-order valence-electron chi connectivity index (χ4n) is 3.02. The van der Waals surface area contributed by atoms with Crippen molar-refractivity contribution in [3.05, 3.63) is 0 Å². The molecule has 0 amide bonds. The topological polar surface area (TPSA) is 66.8 Å². The molecule has 0 bridgehead atoms. The Morgan fingerprint density at radius 3 is 1.56 bits per heavy atom. The summed E-state index contributed by atoms with van der Waals surface area (Å²) in [6, 6.07) is 0. The summed E-state index contributed by atoms with van der Waals surface area (Å²) >= 11 is 0. The van der Waals surface area contributed by atoms with Crippen LogP contribution in [0.3, 0.4) is 0 Å². The Bertz CT molecular complexity index is 281. The Hall–Kier alpha value is -0.610. The molecule has 4 nitrogen and oxygen atoms in total. The van der Waals surface area contributed by atoms with E-state index in [1.165, 1.54) is 83.5 Å². The van der Waals surface area contributed by atoms with E-state index in [0.717, 1.165) is 12.8 Å². The van der Waals surface area contributed by atoms with Crippen LogP contribution in [0.1, 0.15) is 116 Å². The average Bonchev–Trinajstić information content (AvgIpc) is 2.58. The van der Waals surface area contributed by atoms with Crippen molar-refractivity contribution >= 4 is 5.97 Å². The minimum absolute atomic E-state index is 0.0879. The van der Waals surface area contributed by atoms with E-state index >= 15 is 0 Å². The van der Waals surface area contributed by atoms with Gasteiger partial charge in [-0.1, -0.05) is 96.8 Å². The molecule has 25 heavy (non-hydrogen) atoms. The molecule has 1 unspecified atom stereocenters. The molecule has 150 valence electrons. The lowest BCUT2D eigenvalue weighted by Crippen LogP contribution is -2.18. The molecule has 1 atom stereocenters. The quantitative estimate of drug-likeness (QED) is 0.182. The molecule has 0 aliphatic rings. The fraction of sp³-hybridized carbons (Fsp3) is 0.952. The van der Waals surface area contributed by atoms with Crippen LogP contribution >= 0.6 is 0 Å². The third-order valence-corrected chi connectivity index (χ3v) is 4.63. The van der Waals surface area contributed by atoms with Crippen LogP contribution in [0.15, 0.2) is 0 Å². The lowest BCUT2D eigenvalue weighted by Gasteiger charge is -2.10. The number of carbonyl (C=O) groups is 1. The summed E-state index contributed by atoms with van der Waals surface area (Å²) in [5.41, 5.74) is 0. The molecule has 0 rings (SSSR count). The second-order valence-electron chi connectivity index (χ2n) is 7.16. The Balaban J connectivity index is 3.15. The first-order valence-electron chi connectivity index (χ1n) is 10.7. The highest BCUT2D eigenvalue weighted by atomic mass is 16.6. The van der Waals surface area contributed by atoms with E-state index < -0.39 is 6.29 Å². The summed E-state index contributed by atoms with van der Waals surface area (Å²) < 4.78 is 4.77. The standard InChI is InChI=1S/C21H42O4/c1-2-3-4-5-6-7-8-9-10-11-12-13-14-15-16-17-20(23)25-21(24)18-19-22/h21-22,24H,2-19H2,1H3. The summed E-state index contributed by atoms with van der Waals surface area (Å²) in [5, 5.41) is 17.9. The smallest absolute Gasteiger partial charge is 0.308 e. The molecule has 0 fully saturated rings. The number of carbonyl (C=O) groups excluding carboxylic acids is 1. The van der Waals surface area contributed by atoms with Crippen molar-refractivity contribution in [3.8, 4) is 0 Å². The maximum atomic E-state index is 11.4. The molecule has 0 heterocycles. The van der Waals surface area contributed by atoms with Crippen molar-refractivity contribution in [1.29, 1.82) is 0 Å². The number of unbranched alkanes of at least 4 members (excludes halogenated alkanes) is 14. The van der Waals surface area contributed by atoms with E-state index in [2.05, 4.69) is 6.92 Å². The van der Waals surface area contributed by atoms with Crippen LogP contribution in [-0.2, 0) is 9.53 Å². The number of ether oxygens (including phenoxy) is 1. The second-order valence-corrected chi connectivity index (χ2v) is 7.16. The van der Waals surface area contributed by atoms with Crippen molar-refractivity contribution in [1.82, 2.24) is 0 Å². The van der Waals surface area contributed by atoms with Gasteiger partial charge in [0.2, 0.25) is 6.29 Å². The predicted molar refractivity (Wildman–Crippen MR) is 103 cm³/mol. The lowest BCUT2D eigenvalue weighted by atomic mass is 10.0. The van der Waals surface area contributed by atoms with Gasteiger partial charge in [0.25, 0.3) is 0 Å². The van der Waals surface area contributed by atoms with Gasteiger partial charge in [0.05, 0.1) is 0 Å². The molecule has 0 aliphatic heterocycles. The zero-order chi connectivity index (χ0) is 18.6. The molecule has 0 spiro atoms. The summed E-state index contributed by atoms with van der Waals surface area (Å²) in [6.45, 7) is 2.09. The Kier molecular flexibility index (Phi) is 19.2. The van der Waals surface area contributed by atoms with E-state index in [1.807, 2.05) is 0 Å². The van der Waals surface area contributed by atoms with Gasteiger partial charge < -0.3 is 14.9 Å². The minimum Gasteiger partial charge on any atom is -0.436 e. The Labute approximate surface area is 155 Å². The summed E-state index contributed by atoms with van der Waals surface area (Å²) in [4.78, 5) is 11.4. The lowest BCUT2D eigenvalue weighted by molar-refractivity contribution is -0.169. The molecular weight excluding hydrogens is 316 g/mol. The van der Waals surface area contributed by atoms with Crippen LogP contribution < -0.4 is 0 Å². The molecular formula is C21H42O4. The monoisotopic (exact) mass is 358 g/mol. The predicted octanol–water partition coefficient (Wildman–Crippen LogP) is 5.49. The molecule has 0 saturated heterocycles. The number of hydrogen-bond donors (Lipinski definition) is 2. The van der Waals surface area contributed by atoms with E-state index in [4.69, 9.17) is 9.84 Å². The number of esters is 1. The van der Waals surface area contributed by atoms with Crippen LogP contribution in [0.4, 0.5) is 0 Å². The van der Waals surface area contributed by atoms with Crippen LogP contribution in [-0.4, -0.2) is 29.1 Å². The summed E-state index contributed by atoms with van der Waals surface area (Å²) in [6.07, 6.45) is 18.8. The van der Waals surface area contributed by atoms with Gasteiger partial charge in [0.1, 0.15) is 0 Å². The van der Waals surface area contributed by atoms with E-state index in [9.17, 15) is 9.90 Å². The maximum absolute atomic E-state index is 11.4. The summed E-state index contributed by atoms with van der Waals surface area (Å²) in [5.74, 6) is -0.365. The SMILES string of the molecule is CCCCCCCCCCCCCCCCCC(=O)OC(O)CCO. The molecule has 2 N–H and O–H groups in total. The van der Waals surface area contributed by atoms with E-state index in [-0.39, 0.29) is 19.0 Å². The molecule has 0 radical (unpaired) electrons. The van der Waals surface area contributed by atoms with E-state index in [1.54, 1.807) is 0 Å². The van der Waals surface area contributed by atoms with Crippen molar-refractivity contribution in [2.45, 2.75) is 122 Å². The first-order chi connectivity index (χ1) is 12.2. The van der Waals surface area contributed by atoms with Gasteiger partial charge in [0.15, 0.2) is 0 Å². The van der Waals surface area contributed by atoms with Crippen molar-refractivity contribution < 1.29 is 19.7 Å². The van der Waals surface area contributed by atoms with Crippen molar-refractivity contribution in [3.63, 3.8) is 0 Å². The highest BCUT2D eigenvalue weighted by molar-refractivity contribution is 5.69. The largest absolute Gasteiger partial charge is 0.436 e. The Morgan fingerprint density at radius 1 is 0.760 bits per heavy atom. The molecule has 0 aromatic rings. The van der Waals surface area contributed by atoms with Gasteiger partial charge in [-0.05, 0) is 6.42 Å². The summed E-state index contributed by atoms with van der Waals surface area (Å²) in [7, 11) is 0. The number of hydrogen-bond acceptors (Lipinski definition) is 4. The second kappa shape index (κ2) is 19.7. The third-order valence-electron chi connectivity index (χ3n) is 4.63. The maximum Gasteiger partial charge on any atom is 0.308 e. The molecule has 4 heteroatoms.